The van der Waals surface area contributed by atoms with Crippen molar-refractivity contribution in [3.63, 3.8) is 0 Å². The van der Waals surface area contributed by atoms with E-state index in [1.54, 1.807) is 24.3 Å². The third-order valence-electron chi connectivity index (χ3n) is 6.31. The van der Waals surface area contributed by atoms with E-state index in [9.17, 15) is 14.7 Å². The number of carboxylic acid groups (broad SMARTS) is 1. The average molecular weight is 490 g/mol. The minimum atomic E-state index is -1.29. The summed E-state index contributed by atoms with van der Waals surface area (Å²) in [5.74, 6) is -0.755. The number of hydrogen-bond donors (Lipinski definition) is 3. The lowest BCUT2D eigenvalue weighted by Crippen LogP contribution is -2.57. The highest BCUT2D eigenvalue weighted by Gasteiger charge is 2.45. The quantitative estimate of drug-likeness (QED) is 0.454. The van der Waals surface area contributed by atoms with Crippen LogP contribution in [0.3, 0.4) is 0 Å². The van der Waals surface area contributed by atoms with Crippen LogP contribution in [0.25, 0.3) is 0 Å². The number of rotatable bonds is 10. The molecule has 2 aromatic carbocycles. The molecule has 0 spiro atoms. The van der Waals surface area contributed by atoms with Crippen LogP contribution in [0.15, 0.2) is 42.5 Å². The molecule has 1 aliphatic rings. The van der Waals surface area contributed by atoms with Gasteiger partial charge in [-0.15, -0.1) is 0 Å². The van der Waals surface area contributed by atoms with Gasteiger partial charge in [-0.05, 0) is 67.0 Å². The zero-order chi connectivity index (χ0) is 24.8. The molecular formula is C26H32ClNO6. The fraction of sp³-hybridized carbons (Fsp3) is 0.462. The second kappa shape index (κ2) is 11.1. The summed E-state index contributed by atoms with van der Waals surface area (Å²) >= 11 is 6.04. The smallest absolute Gasteiger partial charge is 0.329 e. The van der Waals surface area contributed by atoms with Crippen molar-refractivity contribution in [1.82, 2.24) is 5.32 Å². The van der Waals surface area contributed by atoms with Crippen LogP contribution in [0.1, 0.15) is 55.5 Å². The Morgan fingerprint density at radius 3 is 2.35 bits per heavy atom. The summed E-state index contributed by atoms with van der Waals surface area (Å²) in [5, 5.41) is 22.4. The van der Waals surface area contributed by atoms with E-state index >= 15 is 0 Å². The molecule has 2 aromatic rings. The predicted octanol–water partition coefficient (Wildman–Crippen LogP) is 4.49. The van der Waals surface area contributed by atoms with Crippen molar-refractivity contribution in [3.05, 3.63) is 58.6 Å². The van der Waals surface area contributed by atoms with Gasteiger partial charge >= 0.3 is 5.97 Å². The highest BCUT2D eigenvalue weighted by Crippen LogP contribution is 2.40. The first-order valence-electron chi connectivity index (χ1n) is 11.4. The molecule has 0 unspecified atom stereocenters. The highest BCUT2D eigenvalue weighted by atomic mass is 35.5. The monoisotopic (exact) mass is 489 g/mol. The van der Waals surface area contributed by atoms with Gasteiger partial charge in [0, 0.05) is 17.0 Å². The minimum Gasteiger partial charge on any atom is -0.489 e. The van der Waals surface area contributed by atoms with Crippen LogP contribution in [0.5, 0.6) is 11.5 Å². The molecule has 0 heterocycles. The average Bonchev–Trinajstić information content (AvgIpc) is 2.79. The summed E-state index contributed by atoms with van der Waals surface area (Å²) in [6.45, 7) is 4.45. The van der Waals surface area contributed by atoms with Crippen LogP contribution < -0.4 is 14.8 Å². The summed E-state index contributed by atoms with van der Waals surface area (Å²) in [5.41, 5.74) is 0.0495. The first-order valence-corrected chi connectivity index (χ1v) is 11.8. The molecule has 0 atom stereocenters. The molecular weight excluding hydrogens is 458 g/mol. The van der Waals surface area contributed by atoms with Crippen molar-refractivity contribution in [2.45, 2.75) is 51.5 Å². The van der Waals surface area contributed by atoms with E-state index in [-0.39, 0.29) is 24.2 Å². The SMILES string of the molecule is CC1(C)CCC(NC(=O)c2ccc(OCCO)c(OCCc3cccc(Cl)c3)c2)(C(=O)O)CC1. The number of benzene rings is 2. The van der Waals surface area contributed by atoms with Crippen LogP contribution in [0.4, 0.5) is 0 Å². The van der Waals surface area contributed by atoms with E-state index in [1.165, 1.54) is 0 Å². The fourth-order valence-corrected chi connectivity index (χ4v) is 4.26. The van der Waals surface area contributed by atoms with Gasteiger partial charge < -0.3 is 25.0 Å². The van der Waals surface area contributed by atoms with Crippen molar-refractivity contribution in [2.24, 2.45) is 5.41 Å². The number of aliphatic hydroxyl groups excluding tert-OH is 1. The number of amides is 1. The Balaban J connectivity index is 1.75. The molecule has 1 amide bonds. The zero-order valence-corrected chi connectivity index (χ0v) is 20.4. The minimum absolute atomic E-state index is 0.0549. The van der Waals surface area contributed by atoms with Gasteiger partial charge in [0.15, 0.2) is 11.5 Å². The second-order valence-corrected chi connectivity index (χ2v) is 9.90. The Bertz CT molecular complexity index is 1010. The predicted molar refractivity (Wildman–Crippen MR) is 130 cm³/mol. The number of nitrogens with one attached hydrogen (secondary N) is 1. The number of carbonyl (C=O) groups is 2. The first-order chi connectivity index (χ1) is 16.1. The van der Waals surface area contributed by atoms with Crippen LogP contribution in [-0.2, 0) is 11.2 Å². The maximum Gasteiger partial charge on any atom is 0.329 e. The Hall–Kier alpha value is -2.77. The summed E-state index contributed by atoms with van der Waals surface area (Å²) in [6.07, 6.45) is 2.77. The Morgan fingerprint density at radius 2 is 1.71 bits per heavy atom. The molecule has 0 radical (unpaired) electrons. The lowest BCUT2D eigenvalue weighted by molar-refractivity contribution is -0.146. The van der Waals surface area contributed by atoms with E-state index in [4.69, 9.17) is 26.2 Å². The van der Waals surface area contributed by atoms with Gasteiger partial charge in [0.1, 0.15) is 12.1 Å². The van der Waals surface area contributed by atoms with E-state index in [0.29, 0.717) is 55.2 Å². The van der Waals surface area contributed by atoms with Gasteiger partial charge in [-0.3, -0.25) is 4.79 Å². The largest absolute Gasteiger partial charge is 0.489 e. The van der Waals surface area contributed by atoms with Gasteiger partial charge in [0.2, 0.25) is 0 Å². The maximum absolute atomic E-state index is 13.1. The van der Waals surface area contributed by atoms with Gasteiger partial charge in [-0.1, -0.05) is 37.6 Å². The van der Waals surface area contributed by atoms with Gasteiger partial charge in [0.25, 0.3) is 5.91 Å². The molecule has 0 aromatic heterocycles. The normalized spacial score (nSPS) is 16.5. The summed E-state index contributed by atoms with van der Waals surface area (Å²) in [7, 11) is 0. The highest BCUT2D eigenvalue weighted by molar-refractivity contribution is 6.30. The van der Waals surface area contributed by atoms with Gasteiger partial charge in [0.05, 0.1) is 13.2 Å². The lowest BCUT2D eigenvalue weighted by atomic mass is 9.69. The number of aliphatic carboxylic acids is 1. The van der Waals surface area contributed by atoms with E-state index in [2.05, 4.69) is 19.2 Å². The molecule has 0 bridgehead atoms. The van der Waals surface area contributed by atoms with Crippen molar-refractivity contribution in [1.29, 1.82) is 0 Å². The first kappa shape index (κ1) is 25.8. The van der Waals surface area contributed by atoms with Crippen LogP contribution >= 0.6 is 11.6 Å². The zero-order valence-electron chi connectivity index (χ0n) is 19.6. The van der Waals surface area contributed by atoms with Crippen molar-refractivity contribution >= 4 is 23.5 Å². The molecule has 3 rings (SSSR count). The number of carboxylic acids is 1. The van der Waals surface area contributed by atoms with Crippen LogP contribution in [0.2, 0.25) is 5.02 Å². The van der Waals surface area contributed by atoms with E-state index in [0.717, 1.165) is 5.56 Å². The molecule has 1 fully saturated rings. The lowest BCUT2D eigenvalue weighted by Gasteiger charge is -2.41. The summed E-state index contributed by atoms with van der Waals surface area (Å²) < 4.78 is 11.5. The number of halogens is 1. The number of aliphatic hydroxyl groups is 1. The molecule has 184 valence electrons. The van der Waals surface area contributed by atoms with Crippen LogP contribution in [-0.4, -0.2) is 47.4 Å². The molecule has 34 heavy (non-hydrogen) atoms. The standard InChI is InChI=1S/C26H32ClNO6/c1-25(2)9-11-26(12-10-25,24(31)32)28-23(30)19-6-7-21(34-15-13-29)22(17-19)33-14-8-18-4-3-5-20(27)16-18/h3-7,16-17,29H,8-15H2,1-2H3,(H,28,30)(H,31,32). The topological polar surface area (TPSA) is 105 Å². The van der Waals surface area contributed by atoms with Gasteiger partial charge in [-0.2, -0.15) is 0 Å². The molecule has 8 heteroatoms. The third-order valence-corrected chi connectivity index (χ3v) is 6.55. The number of hydrogen-bond acceptors (Lipinski definition) is 5. The molecule has 3 N–H and O–H groups in total. The van der Waals surface area contributed by atoms with E-state index < -0.39 is 17.4 Å². The Labute approximate surface area is 205 Å². The maximum atomic E-state index is 13.1. The number of ether oxygens (including phenoxy) is 2. The Kier molecular flexibility index (Phi) is 8.44. The van der Waals surface area contributed by atoms with Crippen molar-refractivity contribution in [3.8, 4) is 11.5 Å². The number of carbonyl (C=O) groups excluding carboxylic acids is 1. The molecule has 0 aliphatic heterocycles. The Morgan fingerprint density at radius 1 is 1.00 bits per heavy atom. The summed E-state index contributed by atoms with van der Waals surface area (Å²) in [6, 6.07) is 12.2. The van der Waals surface area contributed by atoms with Crippen molar-refractivity contribution in [2.75, 3.05) is 19.8 Å². The second-order valence-electron chi connectivity index (χ2n) is 9.47. The molecule has 7 nitrogen and oxygen atoms in total. The summed E-state index contributed by atoms with van der Waals surface area (Å²) in [4.78, 5) is 25.2. The third kappa shape index (κ3) is 6.64. The van der Waals surface area contributed by atoms with Crippen LogP contribution in [0, 0.1) is 5.41 Å². The molecule has 1 saturated carbocycles. The van der Waals surface area contributed by atoms with Crippen molar-refractivity contribution < 1.29 is 29.3 Å². The fourth-order valence-electron chi connectivity index (χ4n) is 4.04. The molecule has 1 aliphatic carbocycles. The van der Waals surface area contributed by atoms with Gasteiger partial charge in [-0.25, -0.2) is 4.79 Å². The van der Waals surface area contributed by atoms with E-state index in [1.807, 2.05) is 18.2 Å². The molecule has 0 saturated heterocycles.